The molecule has 0 aliphatic carbocycles. The smallest absolute Gasteiger partial charge is 0.138 e. The summed E-state index contributed by atoms with van der Waals surface area (Å²) < 4.78 is 0. The number of H-pyrrole nitrogens is 1. The number of aromatic nitrogens is 2. The first-order valence-corrected chi connectivity index (χ1v) is 8.74. The lowest BCUT2D eigenvalue weighted by Gasteiger charge is -2.34. The van der Waals surface area contributed by atoms with Crippen LogP contribution in [0.25, 0.3) is 22.4 Å². The van der Waals surface area contributed by atoms with Crippen LogP contribution in [0, 0.1) is 0 Å². The molecule has 1 aliphatic heterocycles. The average Bonchev–Trinajstić information content (AvgIpc) is 2.99. The van der Waals surface area contributed by atoms with Gasteiger partial charge in [-0.1, -0.05) is 35.3 Å². The molecule has 0 bridgehead atoms. The zero-order valence-corrected chi connectivity index (χ0v) is 14.9. The predicted octanol–water partition coefficient (Wildman–Crippen LogP) is 4.29. The van der Waals surface area contributed by atoms with E-state index >= 15 is 0 Å². The summed E-state index contributed by atoms with van der Waals surface area (Å²) in [4.78, 5) is 12.8. The third-order valence-electron chi connectivity index (χ3n) is 4.51. The van der Waals surface area contributed by atoms with E-state index in [1.165, 1.54) is 5.69 Å². The van der Waals surface area contributed by atoms with Gasteiger partial charge < -0.3 is 14.8 Å². The van der Waals surface area contributed by atoms with Gasteiger partial charge in [0.1, 0.15) is 5.82 Å². The van der Waals surface area contributed by atoms with Crippen molar-refractivity contribution in [2.45, 2.75) is 0 Å². The highest BCUT2D eigenvalue weighted by atomic mass is 35.5. The van der Waals surface area contributed by atoms with Crippen LogP contribution in [0.3, 0.4) is 0 Å². The fourth-order valence-electron chi connectivity index (χ4n) is 3.06. The van der Waals surface area contributed by atoms with Crippen LogP contribution in [0.4, 0.5) is 5.69 Å². The van der Waals surface area contributed by atoms with Gasteiger partial charge in [-0.3, -0.25) is 0 Å². The molecule has 0 unspecified atom stereocenters. The van der Waals surface area contributed by atoms with Crippen LogP contribution in [-0.2, 0) is 0 Å². The number of benzene rings is 2. The summed E-state index contributed by atoms with van der Waals surface area (Å²) in [6, 6.07) is 12.1. The molecule has 0 spiro atoms. The molecule has 1 aliphatic rings. The van der Waals surface area contributed by atoms with Crippen LogP contribution in [0.5, 0.6) is 0 Å². The maximum absolute atomic E-state index is 6.09. The van der Waals surface area contributed by atoms with Gasteiger partial charge in [0.05, 0.1) is 21.1 Å². The van der Waals surface area contributed by atoms with Crippen molar-refractivity contribution in [1.29, 1.82) is 0 Å². The van der Waals surface area contributed by atoms with Crippen LogP contribution in [0.1, 0.15) is 0 Å². The van der Waals surface area contributed by atoms with Gasteiger partial charge in [-0.05, 0) is 31.3 Å². The second-order valence-electron chi connectivity index (χ2n) is 6.21. The number of nitrogens with one attached hydrogen (secondary N) is 1. The Balaban J connectivity index is 1.68. The summed E-state index contributed by atoms with van der Waals surface area (Å²) in [5, 5.41) is 1.05. The van der Waals surface area contributed by atoms with E-state index in [2.05, 4.69) is 51.1 Å². The zero-order chi connectivity index (χ0) is 16.7. The molecule has 0 amide bonds. The fraction of sp³-hybridized carbons (Fsp3) is 0.278. The number of imidazole rings is 1. The fourth-order valence-corrected chi connectivity index (χ4v) is 3.38. The van der Waals surface area contributed by atoms with Crippen molar-refractivity contribution in [1.82, 2.24) is 14.9 Å². The number of likely N-dealkylation sites (N-methyl/N-ethyl adjacent to an activating group) is 1. The summed E-state index contributed by atoms with van der Waals surface area (Å²) in [6.07, 6.45) is 0. The molecule has 6 heteroatoms. The standard InChI is InChI=1S/C18H18Cl2N4/c1-23-5-7-24(8-6-23)13-4-2-3-12(9-13)18-21-16-10-14(19)15(20)11-17(16)22-18/h2-4,9-11H,5-8H2,1H3,(H,21,22). The van der Waals surface area contributed by atoms with Crippen molar-refractivity contribution in [2.75, 3.05) is 38.1 Å². The first-order valence-electron chi connectivity index (χ1n) is 7.99. The minimum Gasteiger partial charge on any atom is -0.369 e. The van der Waals surface area contributed by atoms with Gasteiger partial charge in [0.2, 0.25) is 0 Å². The molecule has 2 aromatic carbocycles. The molecular formula is C18H18Cl2N4. The lowest BCUT2D eigenvalue weighted by Crippen LogP contribution is -2.44. The van der Waals surface area contributed by atoms with Gasteiger partial charge in [0.15, 0.2) is 0 Å². The summed E-state index contributed by atoms with van der Waals surface area (Å²) >= 11 is 12.2. The highest BCUT2D eigenvalue weighted by Gasteiger charge is 2.15. The van der Waals surface area contributed by atoms with Gasteiger partial charge in [-0.15, -0.1) is 0 Å². The van der Waals surface area contributed by atoms with Crippen molar-refractivity contribution in [3.63, 3.8) is 0 Å². The van der Waals surface area contributed by atoms with Crippen molar-refractivity contribution < 1.29 is 0 Å². The van der Waals surface area contributed by atoms with E-state index in [-0.39, 0.29) is 0 Å². The number of halogens is 2. The average molecular weight is 361 g/mol. The van der Waals surface area contributed by atoms with E-state index in [1.54, 1.807) is 6.07 Å². The monoisotopic (exact) mass is 360 g/mol. The third kappa shape index (κ3) is 2.97. The second-order valence-corrected chi connectivity index (χ2v) is 7.02. The SMILES string of the molecule is CN1CCN(c2cccc(-c3nc4cc(Cl)c(Cl)cc4[nH]3)c2)CC1. The van der Waals surface area contributed by atoms with Crippen LogP contribution >= 0.6 is 23.2 Å². The highest BCUT2D eigenvalue weighted by molar-refractivity contribution is 6.42. The first kappa shape index (κ1) is 15.8. The van der Waals surface area contributed by atoms with Crippen LogP contribution < -0.4 is 4.90 Å². The molecule has 4 rings (SSSR count). The summed E-state index contributed by atoms with van der Waals surface area (Å²) in [5.41, 5.74) is 4.01. The Labute approximate surface area is 151 Å². The largest absolute Gasteiger partial charge is 0.369 e. The van der Waals surface area contributed by atoms with Crippen molar-refractivity contribution in [3.8, 4) is 11.4 Å². The number of fused-ring (bicyclic) bond motifs is 1. The summed E-state index contributed by atoms with van der Waals surface area (Å²) in [5.74, 6) is 0.833. The van der Waals surface area contributed by atoms with Gasteiger partial charge in [0.25, 0.3) is 0 Å². The Bertz CT molecular complexity index is 843. The van der Waals surface area contributed by atoms with E-state index in [9.17, 15) is 0 Å². The third-order valence-corrected chi connectivity index (χ3v) is 5.23. The minimum atomic E-state index is 0.522. The molecule has 2 heterocycles. The number of anilines is 1. The van der Waals surface area contributed by atoms with Crippen molar-refractivity contribution in [2.24, 2.45) is 0 Å². The maximum atomic E-state index is 6.09. The Morgan fingerprint density at radius 1 is 1.00 bits per heavy atom. The molecule has 0 saturated carbocycles. The quantitative estimate of drug-likeness (QED) is 0.740. The highest BCUT2D eigenvalue weighted by Crippen LogP contribution is 2.30. The number of rotatable bonds is 2. The van der Waals surface area contributed by atoms with E-state index in [0.29, 0.717) is 10.0 Å². The van der Waals surface area contributed by atoms with Crippen molar-refractivity contribution >= 4 is 39.9 Å². The number of piperazine rings is 1. The molecule has 124 valence electrons. The zero-order valence-electron chi connectivity index (χ0n) is 13.4. The molecule has 1 N–H and O–H groups in total. The molecule has 3 aromatic rings. The van der Waals surface area contributed by atoms with Crippen LogP contribution in [0.15, 0.2) is 36.4 Å². The lowest BCUT2D eigenvalue weighted by molar-refractivity contribution is 0.313. The maximum Gasteiger partial charge on any atom is 0.138 e. The Hall–Kier alpha value is -1.75. The number of aromatic amines is 1. The molecular weight excluding hydrogens is 343 g/mol. The molecule has 0 radical (unpaired) electrons. The molecule has 24 heavy (non-hydrogen) atoms. The molecule has 0 atom stereocenters. The molecule has 1 fully saturated rings. The van der Waals surface area contributed by atoms with Gasteiger partial charge >= 0.3 is 0 Å². The van der Waals surface area contributed by atoms with E-state index < -0.39 is 0 Å². The summed E-state index contributed by atoms with van der Waals surface area (Å²) in [7, 11) is 2.17. The van der Waals surface area contributed by atoms with E-state index in [1.807, 2.05) is 6.07 Å². The van der Waals surface area contributed by atoms with Gasteiger partial charge in [-0.25, -0.2) is 4.98 Å². The molecule has 1 saturated heterocycles. The summed E-state index contributed by atoms with van der Waals surface area (Å²) in [6.45, 7) is 4.27. The van der Waals surface area contributed by atoms with Crippen molar-refractivity contribution in [3.05, 3.63) is 46.4 Å². The topological polar surface area (TPSA) is 35.2 Å². The molecule has 1 aromatic heterocycles. The van der Waals surface area contributed by atoms with E-state index in [4.69, 9.17) is 23.2 Å². The first-order chi connectivity index (χ1) is 11.6. The number of hydrogen-bond donors (Lipinski definition) is 1. The Morgan fingerprint density at radius 2 is 1.75 bits per heavy atom. The normalized spacial score (nSPS) is 16.0. The second kappa shape index (κ2) is 6.28. The van der Waals surface area contributed by atoms with Crippen LogP contribution in [0.2, 0.25) is 10.0 Å². The Morgan fingerprint density at radius 3 is 2.54 bits per heavy atom. The number of nitrogens with zero attached hydrogens (tertiary/aromatic N) is 3. The van der Waals surface area contributed by atoms with E-state index in [0.717, 1.165) is 48.6 Å². The minimum absolute atomic E-state index is 0.522. The van der Waals surface area contributed by atoms with Gasteiger partial charge in [0, 0.05) is 37.4 Å². The van der Waals surface area contributed by atoms with Gasteiger partial charge in [-0.2, -0.15) is 0 Å². The lowest BCUT2D eigenvalue weighted by atomic mass is 10.1. The number of hydrogen-bond acceptors (Lipinski definition) is 3. The molecule has 4 nitrogen and oxygen atoms in total. The Kier molecular flexibility index (Phi) is 4.12. The predicted molar refractivity (Wildman–Crippen MR) is 101 cm³/mol. The van der Waals surface area contributed by atoms with Crippen LogP contribution in [-0.4, -0.2) is 48.1 Å².